The van der Waals surface area contributed by atoms with Crippen molar-refractivity contribution in [2.24, 2.45) is 5.73 Å². The highest BCUT2D eigenvalue weighted by Gasteiger charge is 2.18. The third kappa shape index (κ3) is 3.83. The zero-order chi connectivity index (χ0) is 15.6. The highest BCUT2D eigenvalue weighted by atomic mass is 35.5. The molecular formula is C15H19ClN4O. The molecule has 0 aliphatic heterocycles. The SMILES string of the molecule is Cc1c(C(=O)NCC(C)(C)N)cnn1-c1cccc(Cl)c1. The number of carbonyl (C=O) groups excluding carboxylic acids is 1. The van der Waals surface area contributed by atoms with Gasteiger partial charge in [-0.2, -0.15) is 5.10 Å². The summed E-state index contributed by atoms with van der Waals surface area (Å²) in [6, 6.07) is 7.32. The molecule has 0 atom stereocenters. The number of rotatable bonds is 4. The lowest BCUT2D eigenvalue weighted by molar-refractivity contribution is 0.0945. The van der Waals surface area contributed by atoms with Gasteiger partial charge < -0.3 is 11.1 Å². The number of hydrogen-bond acceptors (Lipinski definition) is 3. The Hall–Kier alpha value is -1.85. The third-order valence-corrected chi connectivity index (χ3v) is 3.25. The highest BCUT2D eigenvalue weighted by molar-refractivity contribution is 6.30. The molecule has 3 N–H and O–H groups in total. The first-order chi connectivity index (χ1) is 9.78. The van der Waals surface area contributed by atoms with Crippen molar-refractivity contribution in [1.29, 1.82) is 0 Å². The number of amides is 1. The Morgan fingerprint density at radius 3 is 2.81 bits per heavy atom. The van der Waals surface area contributed by atoms with Gasteiger partial charge in [0.2, 0.25) is 0 Å². The molecular weight excluding hydrogens is 288 g/mol. The minimum atomic E-state index is -0.452. The molecule has 0 radical (unpaired) electrons. The molecule has 21 heavy (non-hydrogen) atoms. The van der Waals surface area contributed by atoms with Crippen LogP contribution in [0.5, 0.6) is 0 Å². The molecule has 2 aromatic rings. The number of nitrogens with two attached hydrogens (primary N) is 1. The number of hydrogen-bond donors (Lipinski definition) is 2. The van der Waals surface area contributed by atoms with E-state index in [9.17, 15) is 4.79 Å². The van der Waals surface area contributed by atoms with Crippen molar-refractivity contribution < 1.29 is 4.79 Å². The number of nitrogens with one attached hydrogen (secondary N) is 1. The van der Waals surface area contributed by atoms with Crippen molar-refractivity contribution in [2.75, 3.05) is 6.54 Å². The molecule has 0 unspecified atom stereocenters. The van der Waals surface area contributed by atoms with Crippen molar-refractivity contribution in [3.63, 3.8) is 0 Å². The van der Waals surface area contributed by atoms with E-state index in [1.165, 1.54) is 0 Å². The summed E-state index contributed by atoms with van der Waals surface area (Å²) in [6.45, 7) is 5.95. The van der Waals surface area contributed by atoms with E-state index >= 15 is 0 Å². The van der Waals surface area contributed by atoms with Crippen LogP contribution in [0.25, 0.3) is 5.69 Å². The van der Waals surface area contributed by atoms with Gasteiger partial charge in [-0.1, -0.05) is 17.7 Å². The first-order valence-corrected chi connectivity index (χ1v) is 7.03. The van der Waals surface area contributed by atoms with Gasteiger partial charge in [0.25, 0.3) is 5.91 Å². The predicted octanol–water partition coefficient (Wildman–Crippen LogP) is 2.30. The topological polar surface area (TPSA) is 72.9 Å². The molecule has 0 saturated heterocycles. The van der Waals surface area contributed by atoms with E-state index in [1.54, 1.807) is 23.0 Å². The maximum absolute atomic E-state index is 12.2. The average molecular weight is 307 g/mol. The van der Waals surface area contributed by atoms with Crippen LogP contribution in [0.1, 0.15) is 29.9 Å². The third-order valence-electron chi connectivity index (χ3n) is 3.01. The van der Waals surface area contributed by atoms with Crippen LogP contribution in [0.3, 0.4) is 0 Å². The van der Waals surface area contributed by atoms with E-state index in [1.807, 2.05) is 32.9 Å². The summed E-state index contributed by atoms with van der Waals surface area (Å²) in [5.74, 6) is -0.181. The molecule has 0 fully saturated rings. The van der Waals surface area contributed by atoms with E-state index in [0.29, 0.717) is 17.1 Å². The van der Waals surface area contributed by atoms with Gasteiger partial charge in [0.05, 0.1) is 23.1 Å². The number of aromatic nitrogens is 2. The second kappa shape index (κ2) is 5.87. The Bertz CT molecular complexity index is 658. The van der Waals surface area contributed by atoms with Gasteiger partial charge in [0.1, 0.15) is 0 Å². The Morgan fingerprint density at radius 1 is 1.48 bits per heavy atom. The Kier molecular flexibility index (Phi) is 4.34. The van der Waals surface area contributed by atoms with Crippen LogP contribution in [-0.2, 0) is 0 Å². The summed E-state index contributed by atoms with van der Waals surface area (Å²) in [7, 11) is 0. The fourth-order valence-electron chi connectivity index (χ4n) is 1.90. The molecule has 1 amide bonds. The molecule has 1 aromatic heterocycles. The zero-order valence-corrected chi connectivity index (χ0v) is 13.1. The van der Waals surface area contributed by atoms with E-state index in [4.69, 9.17) is 17.3 Å². The zero-order valence-electron chi connectivity index (χ0n) is 12.4. The first-order valence-electron chi connectivity index (χ1n) is 6.65. The average Bonchev–Trinajstić information content (AvgIpc) is 2.77. The summed E-state index contributed by atoms with van der Waals surface area (Å²) < 4.78 is 1.69. The van der Waals surface area contributed by atoms with Crippen LogP contribution < -0.4 is 11.1 Å². The molecule has 0 saturated carbocycles. The molecule has 0 bridgehead atoms. The largest absolute Gasteiger partial charge is 0.350 e. The fourth-order valence-corrected chi connectivity index (χ4v) is 2.09. The van der Waals surface area contributed by atoms with Gasteiger partial charge >= 0.3 is 0 Å². The fraction of sp³-hybridized carbons (Fsp3) is 0.333. The lowest BCUT2D eigenvalue weighted by Crippen LogP contribution is -2.45. The Morgan fingerprint density at radius 2 is 2.19 bits per heavy atom. The van der Waals surface area contributed by atoms with Gasteiger partial charge in [0, 0.05) is 17.1 Å². The van der Waals surface area contributed by atoms with Crippen molar-refractivity contribution in [3.05, 3.63) is 46.7 Å². The summed E-state index contributed by atoms with van der Waals surface area (Å²) in [4.78, 5) is 12.2. The maximum atomic E-state index is 12.2. The highest BCUT2D eigenvalue weighted by Crippen LogP contribution is 2.17. The van der Waals surface area contributed by atoms with Crippen molar-refractivity contribution in [3.8, 4) is 5.69 Å². The molecule has 6 heteroatoms. The van der Waals surface area contributed by atoms with Gasteiger partial charge in [0.15, 0.2) is 0 Å². The standard InChI is InChI=1S/C15H19ClN4O/c1-10-13(14(21)18-9-15(2,3)17)8-19-20(10)12-6-4-5-11(16)7-12/h4-8H,9,17H2,1-3H3,(H,18,21). The molecule has 0 spiro atoms. The summed E-state index contributed by atoms with van der Waals surface area (Å²) in [6.07, 6.45) is 1.55. The smallest absolute Gasteiger partial charge is 0.254 e. The molecule has 5 nitrogen and oxygen atoms in total. The normalized spacial score (nSPS) is 11.5. The van der Waals surface area contributed by atoms with Gasteiger partial charge in [-0.3, -0.25) is 4.79 Å². The van der Waals surface area contributed by atoms with Crippen molar-refractivity contribution >= 4 is 17.5 Å². The minimum Gasteiger partial charge on any atom is -0.350 e. The van der Waals surface area contributed by atoms with Crippen molar-refractivity contribution in [2.45, 2.75) is 26.3 Å². The quantitative estimate of drug-likeness (QED) is 0.910. The second-order valence-electron chi connectivity index (χ2n) is 5.71. The van der Waals surface area contributed by atoms with Crippen LogP contribution in [0.4, 0.5) is 0 Å². The number of halogens is 1. The van der Waals surface area contributed by atoms with Crippen LogP contribution in [0, 0.1) is 6.92 Å². The van der Waals surface area contributed by atoms with Crippen LogP contribution >= 0.6 is 11.6 Å². The van der Waals surface area contributed by atoms with Crippen LogP contribution in [-0.4, -0.2) is 27.8 Å². The molecule has 0 aliphatic rings. The number of benzene rings is 1. The van der Waals surface area contributed by atoms with E-state index in [0.717, 1.165) is 11.4 Å². The minimum absolute atomic E-state index is 0.181. The van der Waals surface area contributed by atoms with Crippen molar-refractivity contribution in [1.82, 2.24) is 15.1 Å². The predicted molar refractivity (Wildman–Crippen MR) is 83.9 cm³/mol. The Balaban J connectivity index is 2.23. The molecule has 1 heterocycles. The lowest BCUT2D eigenvalue weighted by atomic mass is 10.1. The Labute approximate surface area is 129 Å². The molecule has 112 valence electrons. The van der Waals surface area contributed by atoms with E-state index in [-0.39, 0.29) is 5.91 Å². The summed E-state index contributed by atoms with van der Waals surface area (Å²) in [5, 5.41) is 7.69. The lowest BCUT2D eigenvalue weighted by Gasteiger charge is -2.18. The van der Waals surface area contributed by atoms with Gasteiger partial charge in [-0.15, -0.1) is 0 Å². The van der Waals surface area contributed by atoms with Gasteiger partial charge in [-0.05, 0) is 39.0 Å². The number of nitrogens with zero attached hydrogens (tertiary/aromatic N) is 2. The van der Waals surface area contributed by atoms with Crippen LogP contribution in [0.2, 0.25) is 5.02 Å². The van der Waals surface area contributed by atoms with Gasteiger partial charge in [-0.25, -0.2) is 4.68 Å². The molecule has 2 rings (SSSR count). The maximum Gasteiger partial charge on any atom is 0.254 e. The summed E-state index contributed by atoms with van der Waals surface area (Å²) >= 11 is 5.98. The molecule has 0 aliphatic carbocycles. The first kappa shape index (κ1) is 15.5. The van der Waals surface area contributed by atoms with E-state index in [2.05, 4.69) is 10.4 Å². The second-order valence-corrected chi connectivity index (χ2v) is 6.14. The molecule has 1 aromatic carbocycles. The van der Waals surface area contributed by atoms with E-state index < -0.39 is 5.54 Å². The summed E-state index contributed by atoms with van der Waals surface area (Å²) in [5.41, 5.74) is 7.51. The van der Waals surface area contributed by atoms with Crippen LogP contribution in [0.15, 0.2) is 30.5 Å². The monoisotopic (exact) mass is 306 g/mol. The number of carbonyl (C=O) groups is 1.